The molecular weight excluding hydrogens is 887 g/mol. The molecule has 0 aromatic heterocycles. The van der Waals surface area contributed by atoms with Gasteiger partial charge in [-0.05, 0) is 196 Å². The lowest BCUT2D eigenvalue weighted by molar-refractivity contribution is -0.274. The molecule has 0 N–H and O–H groups in total. The van der Waals surface area contributed by atoms with Crippen LogP contribution in [-0.2, 0) is 25.7 Å². The van der Waals surface area contributed by atoms with Crippen LogP contribution in [-0.4, -0.2) is 6.36 Å². The van der Waals surface area contributed by atoms with Crippen LogP contribution in [0.4, 0.5) is 26.3 Å². The summed E-state index contributed by atoms with van der Waals surface area (Å²) in [6, 6.07) is 20.1. The van der Waals surface area contributed by atoms with Crippen molar-refractivity contribution in [2.75, 3.05) is 0 Å². The Kier molecular flexibility index (Phi) is 24.2. The third kappa shape index (κ3) is 20.1. The molecule has 0 saturated carbocycles. The zero-order chi connectivity index (χ0) is 50.1. The van der Waals surface area contributed by atoms with Crippen molar-refractivity contribution in [2.45, 2.75) is 201 Å². The van der Waals surface area contributed by atoms with Crippen molar-refractivity contribution < 1.29 is 31.1 Å². The van der Waals surface area contributed by atoms with Gasteiger partial charge in [-0.3, -0.25) is 0 Å². The zero-order valence-electron chi connectivity index (χ0n) is 42.8. The first-order chi connectivity index (χ1) is 33.9. The third-order valence-electron chi connectivity index (χ3n) is 13.9. The number of ether oxygens (including phenoxy) is 1. The number of unbranched alkanes of at least 4 members (excludes halogenated alkanes) is 10. The summed E-state index contributed by atoms with van der Waals surface area (Å²) in [5.41, 5.74) is 15.1. The van der Waals surface area contributed by atoms with Crippen LogP contribution in [0.1, 0.15) is 213 Å². The molecule has 380 valence electrons. The Bertz CT molecular complexity index is 2350. The summed E-state index contributed by atoms with van der Waals surface area (Å²) in [5, 5.41) is 0. The Morgan fingerprint density at radius 2 is 0.657 bits per heavy atom. The number of halogens is 6. The summed E-state index contributed by atoms with van der Waals surface area (Å²) in [6.07, 6.45) is 35.3. The van der Waals surface area contributed by atoms with Gasteiger partial charge in [-0.25, -0.2) is 13.2 Å². The van der Waals surface area contributed by atoms with Crippen molar-refractivity contribution in [2.24, 2.45) is 0 Å². The van der Waals surface area contributed by atoms with Crippen LogP contribution in [0.25, 0.3) is 24.3 Å². The molecule has 4 aromatic rings. The van der Waals surface area contributed by atoms with E-state index in [0.717, 1.165) is 81.8 Å². The van der Waals surface area contributed by atoms with E-state index >= 15 is 0 Å². The monoisotopic (exact) mass is 967 g/mol. The fourth-order valence-electron chi connectivity index (χ4n) is 9.81. The van der Waals surface area contributed by atoms with Gasteiger partial charge in [0.05, 0.1) is 0 Å². The van der Waals surface area contributed by atoms with Gasteiger partial charge >= 0.3 is 6.36 Å². The molecule has 0 heterocycles. The molecule has 1 nitrogen and oxygen atoms in total. The van der Waals surface area contributed by atoms with Gasteiger partial charge in [0.25, 0.3) is 0 Å². The van der Waals surface area contributed by atoms with E-state index in [2.05, 4.69) is 56.7 Å². The van der Waals surface area contributed by atoms with Gasteiger partial charge < -0.3 is 4.74 Å². The van der Waals surface area contributed by atoms with Gasteiger partial charge in [0.15, 0.2) is 0 Å². The highest BCUT2D eigenvalue weighted by atomic mass is 19.4. The number of hydrogen-bond acceptors (Lipinski definition) is 1. The highest BCUT2D eigenvalue weighted by molar-refractivity contribution is 5.62. The van der Waals surface area contributed by atoms with Gasteiger partial charge in [-0.15, -0.1) is 13.2 Å². The molecule has 0 radical (unpaired) electrons. The number of allylic oxidation sites excluding steroid dienone is 4. The summed E-state index contributed by atoms with van der Waals surface area (Å²) in [5.74, 6) is -0.452. The SMILES string of the molecule is CCCCC1=Cc2ccc(OC(F)(F)F)cc2CC1.CCCCCC1=Cc2ccc(F)cc2CC1.CCCCCCC1=Cc2ccc(F)cc2CC1.CCCCCCCC1=Cc2ccc(F)cc2CC1. The molecule has 0 saturated heterocycles. The molecule has 4 aliphatic rings. The average molecular weight is 967 g/mol. The topological polar surface area (TPSA) is 9.23 Å². The summed E-state index contributed by atoms with van der Waals surface area (Å²) >= 11 is 0. The lowest BCUT2D eigenvalue weighted by atomic mass is 9.89. The van der Waals surface area contributed by atoms with Crippen LogP contribution < -0.4 is 4.74 Å². The first-order valence-corrected chi connectivity index (χ1v) is 26.9. The first-order valence-electron chi connectivity index (χ1n) is 26.9. The molecule has 4 aromatic carbocycles. The number of hydrogen-bond donors (Lipinski definition) is 0. The minimum absolute atomic E-state index is 0.106. The standard InChI is InChI=1S/C17H23F.C16H21F.C15H17F3O.C15H19F/c1-2-3-4-5-6-7-14-8-9-16-13-17(18)11-10-15(16)12-14;1-2-3-4-5-6-13-7-8-15-12-16(17)10-9-14(15)11-13;1-2-3-4-11-5-6-13-10-14(19-15(16,17)18)8-7-12(13)9-11;1-2-3-4-5-12-6-7-14-11-15(16)9-8-13(14)10-12/h10-13H,2-9H2,1H3;9-12H,2-8H2,1H3;7-10H,2-6H2,1H3;8-11H,2-7H2,1H3. The normalized spacial score (nSPS) is 14.5. The average Bonchev–Trinajstić information content (AvgIpc) is 3.35. The van der Waals surface area contributed by atoms with E-state index in [-0.39, 0.29) is 23.2 Å². The Morgan fingerprint density at radius 1 is 0.357 bits per heavy atom. The van der Waals surface area contributed by atoms with Crippen molar-refractivity contribution in [3.05, 3.63) is 157 Å². The van der Waals surface area contributed by atoms with E-state index in [4.69, 9.17) is 0 Å². The molecule has 8 rings (SSSR count). The predicted octanol–water partition coefficient (Wildman–Crippen LogP) is 20.5. The number of rotatable bonds is 19. The second-order valence-electron chi connectivity index (χ2n) is 19.7. The minimum atomic E-state index is -4.62. The summed E-state index contributed by atoms with van der Waals surface area (Å²) in [7, 11) is 0. The quantitative estimate of drug-likeness (QED) is 0.0672. The van der Waals surface area contributed by atoms with E-state index in [1.165, 1.54) is 153 Å². The molecule has 0 unspecified atom stereocenters. The van der Waals surface area contributed by atoms with Crippen LogP contribution in [0.15, 0.2) is 95.1 Å². The first kappa shape index (κ1) is 56.1. The molecular formula is C63H80F6O. The van der Waals surface area contributed by atoms with Crippen LogP contribution in [0.2, 0.25) is 0 Å². The van der Waals surface area contributed by atoms with Crippen LogP contribution >= 0.6 is 0 Å². The Balaban J connectivity index is 0.000000174. The van der Waals surface area contributed by atoms with Gasteiger partial charge in [-0.1, -0.05) is 163 Å². The molecule has 0 spiro atoms. The van der Waals surface area contributed by atoms with Crippen molar-refractivity contribution in [1.82, 2.24) is 0 Å². The maximum absolute atomic E-state index is 13.1. The molecule has 7 heteroatoms. The van der Waals surface area contributed by atoms with E-state index in [1.54, 1.807) is 53.6 Å². The van der Waals surface area contributed by atoms with Crippen molar-refractivity contribution in [3.63, 3.8) is 0 Å². The number of benzene rings is 4. The molecule has 70 heavy (non-hydrogen) atoms. The number of aryl methyl sites for hydroxylation is 4. The molecule has 0 aliphatic heterocycles. The van der Waals surface area contributed by atoms with E-state index in [9.17, 15) is 26.3 Å². The molecule has 0 bridgehead atoms. The number of fused-ring (bicyclic) bond motifs is 4. The molecule has 4 aliphatic carbocycles. The maximum Gasteiger partial charge on any atom is 0.573 e. The Labute approximate surface area is 417 Å². The Morgan fingerprint density at radius 3 is 1.03 bits per heavy atom. The van der Waals surface area contributed by atoms with E-state index in [1.807, 2.05) is 18.2 Å². The van der Waals surface area contributed by atoms with Crippen molar-refractivity contribution in [1.29, 1.82) is 0 Å². The van der Waals surface area contributed by atoms with Crippen LogP contribution in [0.3, 0.4) is 0 Å². The van der Waals surface area contributed by atoms with Crippen LogP contribution in [0, 0.1) is 17.5 Å². The lowest BCUT2D eigenvalue weighted by Gasteiger charge is -2.18. The number of alkyl halides is 3. The van der Waals surface area contributed by atoms with Crippen LogP contribution in [0.5, 0.6) is 5.75 Å². The summed E-state index contributed by atoms with van der Waals surface area (Å²) < 4.78 is 79.5. The minimum Gasteiger partial charge on any atom is -0.406 e. The highest BCUT2D eigenvalue weighted by Gasteiger charge is 2.31. The highest BCUT2D eigenvalue weighted by Crippen LogP contribution is 2.33. The van der Waals surface area contributed by atoms with Gasteiger partial charge in [0.2, 0.25) is 0 Å². The molecule has 0 fully saturated rings. The Hall–Kier alpha value is -4.78. The third-order valence-corrected chi connectivity index (χ3v) is 13.9. The van der Waals surface area contributed by atoms with Gasteiger partial charge in [0, 0.05) is 0 Å². The maximum atomic E-state index is 13.1. The smallest absolute Gasteiger partial charge is 0.406 e. The molecule has 0 atom stereocenters. The zero-order valence-corrected chi connectivity index (χ0v) is 42.8. The summed E-state index contributed by atoms with van der Waals surface area (Å²) in [6.45, 7) is 8.87. The largest absolute Gasteiger partial charge is 0.573 e. The second kappa shape index (κ2) is 30.2. The van der Waals surface area contributed by atoms with Crippen molar-refractivity contribution >= 4 is 24.3 Å². The second-order valence-corrected chi connectivity index (χ2v) is 19.7. The molecule has 0 amide bonds. The van der Waals surface area contributed by atoms with E-state index < -0.39 is 6.36 Å². The lowest BCUT2D eigenvalue weighted by Crippen LogP contribution is -2.17. The van der Waals surface area contributed by atoms with Gasteiger partial charge in [-0.2, -0.15) is 0 Å². The van der Waals surface area contributed by atoms with Gasteiger partial charge in [0.1, 0.15) is 23.2 Å². The van der Waals surface area contributed by atoms with E-state index in [0.29, 0.717) is 0 Å². The predicted molar refractivity (Wildman–Crippen MR) is 283 cm³/mol. The fraction of sp³-hybridized carbons (Fsp3) is 0.492. The summed E-state index contributed by atoms with van der Waals surface area (Å²) in [4.78, 5) is 0. The fourth-order valence-corrected chi connectivity index (χ4v) is 9.81. The van der Waals surface area contributed by atoms with Crippen molar-refractivity contribution in [3.8, 4) is 5.75 Å².